The first-order valence-electron chi connectivity index (χ1n) is 10.2. The number of benzene rings is 1. The van der Waals surface area contributed by atoms with Gasteiger partial charge in [-0.05, 0) is 24.0 Å². The molecule has 7 heteroatoms. The summed E-state index contributed by atoms with van der Waals surface area (Å²) in [7, 11) is 0. The molecule has 0 radical (unpaired) electrons. The number of rotatable bonds is 2. The zero-order valence-electron chi connectivity index (χ0n) is 17.3. The number of ether oxygens (including phenoxy) is 1. The van der Waals surface area contributed by atoms with E-state index >= 15 is 4.39 Å². The molecule has 160 valence electrons. The average molecular weight is 433 g/mol. The van der Waals surface area contributed by atoms with Crippen LogP contribution in [0.15, 0.2) is 41.7 Å². The molecule has 0 bridgehead atoms. The fraction of sp³-hybridized carbons (Fsp3) is 0.478. The van der Waals surface area contributed by atoms with Gasteiger partial charge in [0.1, 0.15) is 5.82 Å². The van der Waals surface area contributed by atoms with E-state index in [1.54, 1.807) is 11.0 Å². The second-order valence-electron chi connectivity index (χ2n) is 9.01. The zero-order valence-corrected chi connectivity index (χ0v) is 18.0. The number of hydrogen-bond acceptors (Lipinski definition) is 4. The molecule has 0 aromatic heterocycles. The number of carbonyl (C=O) groups is 2. The van der Waals surface area contributed by atoms with Crippen LogP contribution in [0.1, 0.15) is 38.2 Å². The Kier molecular flexibility index (Phi) is 5.49. The van der Waals surface area contributed by atoms with Crippen LogP contribution >= 0.6 is 11.6 Å². The summed E-state index contributed by atoms with van der Waals surface area (Å²) in [5.74, 6) is -2.41. The van der Waals surface area contributed by atoms with Crippen LogP contribution in [0.5, 0.6) is 0 Å². The molecule has 1 amide bonds. The van der Waals surface area contributed by atoms with E-state index in [9.17, 15) is 9.59 Å². The van der Waals surface area contributed by atoms with Gasteiger partial charge in [-0.1, -0.05) is 38.1 Å². The van der Waals surface area contributed by atoms with Crippen molar-refractivity contribution in [2.75, 3.05) is 26.3 Å². The highest BCUT2D eigenvalue weighted by Gasteiger charge is 2.48. The van der Waals surface area contributed by atoms with Gasteiger partial charge < -0.3 is 15.0 Å². The predicted molar refractivity (Wildman–Crippen MR) is 112 cm³/mol. The van der Waals surface area contributed by atoms with Crippen LogP contribution in [-0.2, 0) is 14.3 Å². The van der Waals surface area contributed by atoms with Crippen molar-refractivity contribution < 1.29 is 18.7 Å². The van der Waals surface area contributed by atoms with Crippen molar-refractivity contribution in [1.29, 1.82) is 0 Å². The molecule has 30 heavy (non-hydrogen) atoms. The van der Waals surface area contributed by atoms with Gasteiger partial charge in [-0.2, -0.15) is 0 Å². The number of ketones is 1. The monoisotopic (exact) mass is 432 g/mol. The van der Waals surface area contributed by atoms with Crippen LogP contribution in [0.25, 0.3) is 0 Å². The number of nitrogens with one attached hydrogen (secondary N) is 1. The molecular weight excluding hydrogens is 407 g/mol. The molecule has 2 heterocycles. The van der Waals surface area contributed by atoms with E-state index < -0.39 is 17.7 Å². The summed E-state index contributed by atoms with van der Waals surface area (Å²) >= 11 is 6.43. The summed E-state index contributed by atoms with van der Waals surface area (Å²) in [4.78, 5) is 28.5. The van der Waals surface area contributed by atoms with E-state index in [1.165, 1.54) is 12.1 Å². The second-order valence-corrected chi connectivity index (χ2v) is 9.42. The largest absolute Gasteiger partial charge is 0.378 e. The SMILES string of the molecule is C=C1NC2=C(C(=O)CC(C)(C)C2)C(c2c(F)cccc2Cl)C1C(=O)N1CCOCC1. The molecule has 1 aromatic carbocycles. The molecule has 0 saturated carbocycles. The maximum Gasteiger partial charge on any atom is 0.232 e. The predicted octanol–water partition coefficient (Wildman–Crippen LogP) is 3.80. The number of halogens is 2. The first-order valence-corrected chi connectivity index (χ1v) is 10.6. The Labute approximate surface area is 180 Å². The molecule has 1 aliphatic carbocycles. The fourth-order valence-electron chi connectivity index (χ4n) is 4.84. The van der Waals surface area contributed by atoms with Gasteiger partial charge >= 0.3 is 0 Å². The Bertz CT molecular complexity index is 930. The van der Waals surface area contributed by atoms with E-state index in [4.69, 9.17) is 16.3 Å². The quantitative estimate of drug-likeness (QED) is 0.772. The number of allylic oxidation sites excluding steroid dienone is 2. The van der Waals surface area contributed by atoms with Crippen LogP contribution < -0.4 is 5.32 Å². The smallest absolute Gasteiger partial charge is 0.232 e. The lowest BCUT2D eigenvalue weighted by atomic mass is 9.66. The molecule has 1 saturated heterocycles. The Morgan fingerprint density at radius 1 is 1.30 bits per heavy atom. The Hall–Kier alpha value is -2.18. The summed E-state index contributed by atoms with van der Waals surface area (Å²) in [6.07, 6.45) is 0.954. The molecule has 3 aliphatic rings. The first kappa shape index (κ1) is 21.1. The van der Waals surface area contributed by atoms with Crippen LogP contribution in [0, 0.1) is 17.2 Å². The van der Waals surface area contributed by atoms with Crippen LogP contribution in [0.4, 0.5) is 4.39 Å². The lowest BCUT2D eigenvalue weighted by Crippen LogP contribution is -2.50. The zero-order chi connectivity index (χ0) is 21.6. The molecule has 1 fully saturated rings. The molecule has 0 spiro atoms. The third kappa shape index (κ3) is 3.67. The summed E-state index contributed by atoms with van der Waals surface area (Å²) in [5.41, 5.74) is 1.61. The first-order chi connectivity index (χ1) is 14.2. The van der Waals surface area contributed by atoms with Crippen molar-refractivity contribution in [3.63, 3.8) is 0 Å². The highest BCUT2D eigenvalue weighted by molar-refractivity contribution is 6.31. The normalized spacial score (nSPS) is 26.3. The Morgan fingerprint density at radius 2 is 2.00 bits per heavy atom. The van der Waals surface area contributed by atoms with Gasteiger partial charge in [-0.15, -0.1) is 0 Å². The molecule has 1 aromatic rings. The minimum absolute atomic E-state index is 0.0784. The lowest BCUT2D eigenvalue weighted by Gasteiger charge is -2.44. The molecular formula is C23H26ClFN2O3. The minimum Gasteiger partial charge on any atom is -0.378 e. The summed E-state index contributed by atoms with van der Waals surface area (Å²) in [6.45, 7) is 9.96. The van der Waals surface area contributed by atoms with Crippen LogP contribution in [0.2, 0.25) is 5.02 Å². The van der Waals surface area contributed by atoms with Crippen molar-refractivity contribution in [3.05, 3.63) is 58.1 Å². The minimum atomic E-state index is -0.818. The van der Waals surface area contributed by atoms with Crippen LogP contribution in [0.3, 0.4) is 0 Å². The molecule has 4 rings (SSSR count). The fourth-order valence-corrected chi connectivity index (χ4v) is 5.12. The number of hydrogen-bond donors (Lipinski definition) is 1. The van der Waals surface area contributed by atoms with Gasteiger partial charge in [0.15, 0.2) is 5.78 Å². The van der Waals surface area contributed by atoms with E-state index in [1.807, 2.05) is 13.8 Å². The number of amides is 1. The number of morpholine rings is 1. The van der Waals surface area contributed by atoms with E-state index in [0.717, 1.165) is 5.70 Å². The molecule has 1 N–H and O–H groups in total. The van der Waals surface area contributed by atoms with Crippen molar-refractivity contribution in [3.8, 4) is 0 Å². The molecule has 2 aliphatic heterocycles. The number of carbonyl (C=O) groups excluding carboxylic acids is 2. The van der Waals surface area contributed by atoms with Crippen LogP contribution in [-0.4, -0.2) is 42.9 Å². The van der Waals surface area contributed by atoms with Gasteiger partial charge in [0.2, 0.25) is 5.91 Å². The Balaban J connectivity index is 1.87. The highest BCUT2D eigenvalue weighted by Crippen LogP contribution is 2.50. The Morgan fingerprint density at radius 3 is 2.67 bits per heavy atom. The van der Waals surface area contributed by atoms with Gasteiger partial charge in [0, 0.05) is 53.0 Å². The number of nitrogens with zero attached hydrogens (tertiary/aromatic N) is 1. The average Bonchev–Trinajstić information content (AvgIpc) is 2.66. The van der Waals surface area contributed by atoms with E-state index in [0.29, 0.717) is 50.4 Å². The third-order valence-electron chi connectivity index (χ3n) is 6.15. The highest BCUT2D eigenvalue weighted by atomic mass is 35.5. The van der Waals surface area contributed by atoms with Gasteiger partial charge in [-0.25, -0.2) is 4.39 Å². The summed E-state index contributed by atoms with van der Waals surface area (Å²) < 4.78 is 20.4. The maximum absolute atomic E-state index is 15.1. The summed E-state index contributed by atoms with van der Waals surface area (Å²) in [5, 5.41) is 3.44. The molecule has 5 nitrogen and oxygen atoms in total. The van der Waals surface area contributed by atoms with E-state index in [-0.39, 0.29) is 27.7 Å². The topological polar surface area (TPSA) is 58.6 Å². The van der Waals surface area contributed by atoms with Gasteiger partial charge in [-0.3, -0.25) is 9.59 Å². The van der Waals surface area contributed by atoms with Gasteiger partial charge in [0.25, 0.3) is 0 Å². The van der Waals surface area contributed by atoms with Crippen molar-refractivity contribution in [2.45, 2.75) is 32.6 Å². The van der Waals surface area contributed by atoms with Crippen molar-refractivity contribution in [1.82, 2.24) is 10.2 Å². The molecule has 2 atom stereocenters. The lowest BCUT2D eigenvalue weighted by molar-refractivity contribution is -0.139. The van der Waals surface area contributed by atoms with Crippen molar-refractivity contribution >= 4 is 23.3 Å². The third-order valence-corrected chi connectivity index (χ3v) is 6.48. The van der Waals surface area contributed by atoms with Crippen molar-refractivity contribution in [2.24, 2.45) is 11.3 Å². The standard InChI is InChI=1S/C23H26ClFN2O3/c1-13-18(22(29)27-7-9-30-10-8-27)21(19-14(24)5-4-6-15(19)25)20-16(26-13)11-23(2,3)12-17(20)28/h4-6,18,21,26H,1,7-12H2,2-3H3. The molecule has 2 unspecified atom stereocenters. The maximum atomic E-state index is 15.1. The van der Waals surface area contributed by atoms with E-state index in [2.05, 4.69) is 11.9 Å². The van der Waals surface area contributed by atoms with Gasteiger partial charge in [0.05, 0.1) is 19.1 Å². The number of Topliss-reactive ketones (excluding diaryl/α,β-unsaturated/α-hetero) is 1. The second kappa shape index (κ2) is 7.82. The summed E-state index contributed by atoms with van der Waals surface area (Å²) in [6, 6.07) is 4.44.